The zero-order valence-electron chi connectivity index (χ0n) is 13.4. The van der Waals surface area contributed by atoms with E-state index >= 15 is 0 Å². The van der Waals surface area contributed by atoms with Crippen LogP contribution in [0.3, 0.4) is 0 Å². The average Bonchev–Trinajstić information content (AvgIpc) is 2.36. The second-order valence-electron chi connectivity index (χ2n) is 6.74. The van der Waals surface area contributed by atoms with Crippen molar-refractivity contribution in [3.05, 3.63) is 0 Å². The third-order valence-corrected chi connectivity index (χ3v) is 3.57. The maximum absolute atomic E-state index is 12.0. The number of hydrogen-bond acceptors (Lipinski definition) is 4. The highest BCUT2D eigenvalue weighted by atomic mass is 16.3. The van der Waals surface area contributed by atoms with E-state index in [2.05, 4.69) is 10.6 Å². The first-order chi connectivity index (χ1) is 9.81. The fourth-order valence-corrected chi connectivity index (χ4v) is 2.69. The highest BCUT2D eigenvalue weighted by molar-refractivity contribution is 5.95. The molecule has 0 atom stereocenters. The summed E-state index contributed by atoms with van der Waals surface area (Å²) in [6, 6.07) is -0.137. The first kappa shape index (κ1) is 17.9. The normalized spacial score (nSPS) is 16.8. The summed E-state index contributed by atoms with van der Waals surface area (Å²) in [5, 5.41) is 14.2. The fraction of sp³-hybridized carbons (Fsp3) is 0.867. The molecule has 1 aliphatic rings. The van der Waals surface area contributed by atoms with Gasteiger partial charge in [-0.15, -0.1) is 0 Å². The first-order valence-corrected chi connectivity index (χ1v) is 7.79. The van der Waals surface area contributed by atoms with E-state index < -0.39 is 6.03 Å². The summed E-state index contributed by atoms with van der Waals surface area (Å²) in [4.78, 5) is 25.6. The largest absolute Gasteiger partial charge is 0.395 e. The lowest BCUT2D eigenvalue weighted by atomic mass is 9.94. The quantitative estimate of drug-likeness (QED) is 0.713. The number of aliphatic hydroxyl groups is 1. The second kappa shape index (κ2) is 8.34. The molecule has 0 unspecified atom stereocenters. The molecular formula is C15H29N3O3. The molecule has 0 aromatic carbocycles. The highest BCUT2D eigenvalue weighted by Gasteiger charge is 2.23. The van der Waals surface area contributed by atoms with Crippen LogP contribution in [0.2, 0.25) is 0 Å². The lowest BCUT2D eigenvalue weighted by Gasteiger charge is -2.33. The molecule has 0 aliphatic heterocycles. The van der Waals surface area contributed by atoms with Gasteiger partial charge in [0.1, 0.15) is 0 Å². The van der Waals surface area contributed by atoms with Crippen molar-refractivity contribution < 1.29 is 14.7 Å². The van der Waals surface area contributed by atoms with E-state index in [0.29, 0.717) is 12.6 Å². The lowest BCUT2D eigenvalue weighted by Crippen LogP contribution is -2.51. The Morgan fingerprint density at radius 3 is 2.33 bits per heavy atom. The number of hydrogen-bond donors (Lipinski definition) is 3. The van der Waals surface area contributed by atoms with Crippen LogP contribution in [-0.2, 0) is 4.79 Å². The maximum atomic E-state index is 12.0. The van der Waals surface area contributed by atoms with Gasteiger partial charge in [-0.2, -0.15) is 0 Å². The Hall–Kier alpha value is -1.14. The van der Waals surface area contributed by atoms with E-state index in [0.717, 1.165) is 12.8 Å². The molecule has 0 aromatic heterocycles. The third kappa shape index (κ3) is 7.43. The van der Waals surface area contributed by atoms with Crippen molar-refractivity contribution >= 4 is 11.9 Å². The van der Waals surface area contributed by atoms with Gasteiger partial charge in [0, 0.05) is 18.1 Å². The van der Waals surface area contributed by atoms with Gasteiger partial charge in [0.2, 0.25) is 5.91 Å². The van der Waals surface area contributed by atoms with Gasteiger partial charge in [0.25, 0.3) is 0 Å². The summed E-state index contributed by atoms with van der Waals surface area (Å²) in [5.41, 5.74) is -0.376. The van der Waals surface area contributed by atoms with E-state index in [9.17, 15) is 9.59 Å². The van der Waals surface area contributed by atoms with E-state index in [4.69, 9.17) is 5.11 Å². The summed E-state index contributed by atoms with van der Waals surface area (Å²) >= 11 is 0. The Balaban J connectivity index is 2.46. The molecule has 3 N–H and O–H groups in total. The molecule has 3 amide bonds. The molecule has 21 heavy (non-hydrogen) atoms. The number of aliphatic hydroxyl groups excluding tert-OH is 1. The SMILES string of the molecule is CC(C)(C)NC(=O)NC(=O)CN(CCO)C1CCCCC1. The van der Waals surface area contributed by atoms with Crippen molar-refractivity contribution in [3.63, 3.8) is 0 Å². The number of nitrogens with one attached hydrogen (secondary N) is 2. The molecule has 1 aliphatic carbocycles. The zero-order chi connectivity index (χ0) is 15.9. The molecule has 122 valence electrons. The molecule has 1 saturated carbocycles. The van der Waals surface area contributed by atoms with Crippen LogP contribution in [0.5, 0.6) is 0 Å². The predicted molar refractivity (Wildman–Crippen MR) is 82.0 cm³/mol. The van der Waals surface area contributed by atoms with Crippen LogP contribution in [0.15, 0.2) is 0 Å². The number of amides is 3. The summed E-state index contributed by atoms with van der Waals surface area (Å²) < 4.78 is 0. The van der Waals surface area contributed by atoms with Crippen LogP contribution in [-0.4, -0.2) is 53.2 Å². The van der Waals surface area contributed by atoms with Crippen LogP contribution in [0.25, 0.3) is 0 Å². The molecule has 0 heterocycles. The Morgan fingerprint density at radius 1 is 1.19 bits per heavy atom. The fourth-order valence-electron chi connectivity index (χ4n) is 2.69. The molecule has 0 radical (unpaired) electrons. The Bertz CT molecular complexity index is 347. The molecular weight excluding hydrogens is 270 g/mol. The van der Waals surface area contributed by atoms with Gasteiger partial charge < -0.3 is 10.4 Å². The molecule has 6 heteroatoms. The number of imide groups is 1. The van der Waals surface area contributed by atoms with Crippen molar-refractivity contribution in [1.82, 2.24) is 15.5 Å². The third-order valence-electron chi connectivity index (χ3n) is 3.57. The Labute approximate surface area is 127 Å². The topological polar surface area (TPSA) is 81.7 Å². The second-order valence-corrected chi connectivity index (χ2v) is 6.74. The number of carbonyl (C=O) groups excluding carboxylic acids is 2. The first-order valence-electron chi connectivity index (χ1n) is 7.79. The van der Waals surface area contributed by atoms with Gasteiger partial charge in [-0.3, -0.25) is 15.0 Å². The van der Waals surface area contributed by atoms with Crippen molar-refractivity contribution in [2.75, 3.05) is 19.7 Å². The van der Waals surface area contributed by atoms with E-state index in [1.165, 1.54) is 19.3 Å². The molecule has 1 fully saturated rings. The highest BCUT2D eigenvalue weighted by Crippen LogP contribution is 2.22. The van der Waals surface area contributed by atoms with Crippen molar-refractivity contribution in [2.24, 2.45) is 0 Å². The number of urea groups is 1. The molecule has 0 saturated heterocycles. The Kier molecular flexibility index (Phi) is 7.11. The minimum atomic E-state index is -0.472. The van der Waals surface area contributed by atoms with Crippen LogP contribution < -0.4 is 10.6 Å². The van der Waals surface area contributed by atoms with Gasteiger partial charge in [-0.05, 0) is 33.6 Å². The number of rotatable bonds is 5. The lowest BCUT2D eigenvalue weighted by molar-refractivity contribution is -0.122. The van der Waals surface area contributed by atoms with Crippen LogP contribution in [0, 0.1) is 0 Å². The summed E-state index contributed by atoms with van der Waals surface area (Å²) in [5.74, 6) is -0.323. The van der Waals surface area contributed by atoms with Crippen molar-refractivity contribution in [2.45, 2.75) is 64.5 Å². The number of nitrogens with zero attached hydrogens (tertiary/aromatic N) is 1. The predicted octanol–water partition coefficient (Wildman–Crippen LogP) is 1.24. The van der Waals surface area contributed by atoms with E-state index in [-0.39, 0.29) is 24.6 Å². The summed E-state index contributed by atoms with van der Waals surface area (Å²) in [6.45, 7) is 6.23. The number of carbonyl (C=O) groups is 2. The van der Waals surface area contributed by atoms with Crippen molar-refractivity contribution in [1.29, 1.82) is 0 Å². The van der Waals surface area contributed by atoms with E-state index in [1.807, 2.05) is 25.7 Å². The molecule has 0 aromatic rings. The van der Waals surface area contributed by atoms with Gasteiger partial charge in [0.15, 0.2) is 0 Å². The minimum absolute atomic E-state index is 0.0258. The minimum Gasteiger partial charge on any atom is -0.395 e. The molecule has 6 nitrogen and oxygen atoms in total. The van der Waals surface area contributed by atoms with Gasteiger partial charge >= 0.3 is 6.03 Å². The zero-order valence-corrected chi connectivity index (χ0v) is 13.4. The molecule has 0 spiro atoms. The standard InChI is InChI=1S/C15H29N3O3/c1-15(2,3)17-14(21)16-13(20)11-18(9-10-19)12-7-5-4-6-8-12/h12,19H,4-11H2,1-3H3,(H2,16,17,20,21). The van der Waals surface area contributed by atoms with Crippen molar-refractivity contribution in [3.8, 4) is 0 Å². The van der Waals surface area contributed by atoms with E-state index in [1.54, 1.807) is 0 Å². The van der Waals surface area contributed by atoms with Gasteiger partial charge in [0.05, 0.1) is 13.2 Å². The monoisotopic (exact) mass is 299 g/mol. The summed E-state index contributed by atoms with van der Waals surface area (Å²) in [6.07, 6.45) is 5.68. The maximum Gasteiger partial charge on any atom is 0.321 e. The smallest absolute Gasteiger partial charge is 0.321 e. The Morgan fingerprint density at radius 2 is 1.81 bits per heavy atom. The van der Waals surface area contributed by atoms with Gasteiger partial charge in [-0.1, -0.05) is 19.3 Å². The van der Waals surface area contributed by atoms with Crippen LogP contribution >= 0.6 is 0 Å². The summed E-state index contributed by atoms with van der Waals surface area (Å²) in [7, 11) is 0. The van der Waals surface area contributed by atoms with Crippen LogP contribution in [0.4, 0.5) is 4.79 Å². The van der Waals surface area contributed by atoms with Crippen LogP contribution in [0.1, 0.15) is 52.9 Å². The van der Waals surface area contributed by atoms with Gasteiger partial charge in [-0.25, -0.2) is 4.79 Å². The molecule has 1 rings (SSSR count). The molecule has 0 bridgehead atoms. The average molecular weight is 299 g/mol.